The maximum absolute atomic E-state index is 11.6. The largest absolute Gasteiger partial charge is 0.368 e. The number of amides is 1. The second-order valence-corrected chi connectivity index (χ2v) is 6.82. The Balaban J connectivity index is 2.17. The van der Waals surface area contributed by atoms with Gasteiger partial charge in [0.05, 0.1) is 6.04 Å². The first-order chi connectivity index (χ1) is 10.9. The average molecular weight is 320 g/mol. The van der Waals surface area contributed by atoms with E-state index in [9.17, 15) is 9.59 Å². The van der Waals surface area contributed by atoms with Crippen molar-refractivity contribution in [3.8, 4) is 0 Å². The van der Waals surface area contributed by atoms with E-state index in [2.05, 4.69) is 27.0 Å². The molecule has 1 aliphatic rings. The highest BCUT2D eigenvalue weighted by atomic mass is 16.2. The molecular weight excluding hydrogens is 288 g/mol. The molecule has 1 rings (SSSR count). The number of carbonyl (C=O) groups excluding carboxylic acids is 2. The minimum Gasteiger partial charge on any atom is -0.368 e. The Bertz CT molecular complexity index is 427. The Morgan fingerprint density at radius 1 is 1.26 bits per heavy atom. The van der Waals surface area contributed by atoms with E-state index in [1.807, 2.05) is 16.8 Å². The molecule has 0 aromatic heterocycles. The number of rotatable bonds is 11. The lowest BCUT2D eigenvalue weighted by Crippen LogP contribution is -2.36. The molecule has 23 heavy (non-hydrogen) atoms. The molecule has 4 heteroatoms. The molecule has 0 aromatic carbocycles. The van der Waals surface area contributed by atoms with Gasteiger partial charge in [-0.05, 0) is 31.6 Å². The summed E-state index contributed by atoms with van der Waals surface area (Å²) in [6.45, 7) is 13.0. The summed E-state index contributed by atoms with van der Waals surface area (Å²) in [4.78, 5) is 26.6. The number of likely N-dealkylation sites (tertiary alicyclic amines) is 1. The van der Waals surface area contributed by atoms with Crippen molar-refractivity contribution in [2.45, 2.75) is 64.8 Å². The SMILES string of the molecule is C=C1CCC(=O)N1CCCCCCC(=C)N(C)C(C=O)C(C)C. The van der Waals surface area contributed by atoms with Crippen molar-refractivity contribution in [2.24, 2.45) is 5.92 Å². The van der Waals surface area contributed by atoms with E-state index < -0.39 is 0 Å². The molecule has 0 N–H and O–H groups in total. The standard InChI is InChI=1S/C19H32N2O2/c1-15(2)18(14-22)20(5)16(3)10-8-6-7-9-13-21-17(4)11-12-19(21)23/h14-15,18H,3-4,6-13H2,1-2,5H3. The van der Waals surface area contributed by atoms with Crippen LogP contribution in [-0.2, 0) is 9.59 Å². The Hall–Kier alpha value is -1.58. The van der Waals surface area contributed by atoms with Crippen molar-refractivity contribution < 1.29 is 9.59 Å². The van der Waals surface area contributed by atoms with E-state index in [1.54, 1.807) is 0 Å². The Labute approximate surface area is 141 Å². The highest BCUT2D eigenvalue weighted by molar-refractivity contribution is 5.81. The molecule has 1 fully saturated rings. The van der Waals surface area contributed by atoms with Gasteiger partial charge in [-0.2, -0.15) is 0 Å². The third-order valence-corrected chi connectivity index (χ3v) is 4.68. The number of hydrogen-bond acceptors (Lipinski definition) is 3. The van der Waals surface area contributed by atoms with Crippen LogP contribution in [-0.4, -0.2) is 41.6 Å². The van der Waals surface area contributed by atoms with E-state index in [0.717, 1.165) is 62.7 Å². The molecule has 4 nitrogen and oxygen atoms in total. The van der Waals surface area contributed by atoms with E-state index >= 15 is 0 Å². The van der Waals surface area contributed by atoms with Gasteiger partial charge in [-0.15, -0.1) is 0 Å². The van der Waals surface area contributed by atoms with Crippen LogP contribution in [0.15, 0.2) is 24.6 Å². The molecule has 1 unspecified atom stereocenters. The topological polar surface area (TPSA) is 40.6 Å². The number of nitrogens with zero attached hydrogens (tertiary/aromatic N) is 2. The smallest absolute Gasteiger partial charge is 0.227 e. The first-order valence-corrected chi connectivity index (χ1v) is 8.72. The Kier molecular flexibility index (Phi) is 8.07. The summed E-state index contributed by atoms with van der Waals surface area (Å²) in [5.74, 6) is 0.513. The summed E-state index contributed by atoms with van der Waals surface area (Å²) in [5, 5.41) is 0. The maximum Gasteiger partial charge on any atom is 0.227 e. The van der Waals surface area contributed by atoms with E-state index in [0.29, 0.717) is 12.3 Å². The van der Waals surface area contributed by atoms with Crippen LogP contribution < -0.4 is 0 Å². The molecule has 1 aliphatic heterocycles. The average Bonchev–Trinajstić information content (AvgIpc) is 2.82. The summed E-state index contributed by atoms with van der Waals surface area (Å²) in [5.41, 5.74) is 2.00. The molecule has 0 spiro atoms. The lowest BCUT2D eigenvalue weighted by atomic mass is 10.0. The van der Waals surface area contributed by atoms with E-state index in [-0.39, 0.29) is 11.9 Å². The number of allylic oxidation sites excluding steroid dienone is 2. The summed E-state index contributed by atoms with van der Waals surface area (Å²) in [6, 6.07) is -0.0882. The molecule has 130 valence electrons. The van der Waals surface area contributed by atoms with E-state index in [1.165, 1.54) is 0 Å². The van der Waals surface area contributed by atoms with Crippen LogP contribution >= 0.6 is 0 Å². The zero-order valence-electron chi connectivity index (χ0n) is 15.0. The molecule has 1 saturated heterocycles. The van der Waals surface area contributed by atoms with Gasteiger partial charge in [-0.1, -0.05) is 39.8 Å². The summed E-state index contributed by atoms with van der Waals surface area (Å²) < 4.78 is 0. The van der Waals surface area contributed by atoms with Crippen molar-refractivity contribution in [1.29, 1.82) is 0 Å². The minimum atomic E-state index is -0.0882. The monoisotopic (exact) mass is 320 g/mol. The number of carbonyl (C=O) groups is 2. The molecule has 0 aromatic rings. The zero-order chi connectivity index (χ0) is 17.4. The number of unbranched alkanes of at least 4 members (excludes halogenated alkanes) is 3. The van der Waals surface area contributed by atoms with Crippen LogP contribution in [0.5, 0.6) is 0 Å². The lowest BCUT2D eigenvalue weighted by Gasteiger charge is -2.30. The highest BCUT2D eigenvalue weighted by Crippen LogP contribution is 2.21. The van der Waals surface area contributed by atoms with Crippen LogP contribution in [0.3, 0.4) is 0 Å². The van der Waals surface area contributed by atoms with Gasteiger partial charge in [-0.3, -0.25) is 4.79 Å². The fourth-order valence-electron chi connectivity index (χ4n) is 3.02. The fraction of sp³-hybridized carbons (Fsp3) is 0.684. The molecule has 0 saturated carbocycles. The normalized spacial score (nSPS) is 16.1. The molecule has 0 bridgehead atoms. The van der Waals surface area contributed by atoms with Gasteiger partial charge in [0.25, 0.3) is 0 Å². The highest BCUT2D eigenvalue weighted by Gasteiger charge is 2.23. The second-order valence-electron chi connectivity index (χ2n) is 6.82. The first-order valence-electron chi connectivity index (χ1n) is 8.72. The van der Waals surface area contributed by atoms with E-state index in [4.69, 9.17) is 0 Å². The summed E-state index contributed by atoms with van der Waals surface area (Å²) in [7, 11) is 1.95. The van der Waals surface area contributed by atoms with Crippen molar-refractivity contribution in [3.63, 3.8) is 0 Å². The van der Waals surface area contributed by atoms with Gasteiger partial charge in [0.15, 0.2) is 0 Å². The third-order valence-electron chi connectivity index (χ3n) is 4.68. The third kappa shape index (κ3) is 5.85. The maximum atomic E-state index is 11.6. The molecular formula is C19H32N2O2. The molecule has 0 aliphatic carbocycles. The quantitative estimate of drug-likeness (QED) is 0.430. The molecule has 1 atom stereocenters. The molecule has 0 radical (unpaired) electrons. The summed E-state index contributed by atoms with van der Waals surface area (Å²) >= 11 is 0. The van der Waals surface area contributed by atoms with Gasteiger partial charge in [0.2, 0.25) is 5.91 Å². The van der Waals surface area contributed by atoms with Gasteiger partial charge in [0.1, 0.15) is 6.29 Å². The van der Waals surface area contributed by atoms with Crippen molar-refractivity contribution in [1.82, 2.24) is 9.80 Å². The number of likely N-dealkylation sites (N-methyl/N-ethyl adjacent to an activating group) is 1. The van der Waals surface area contributed by atoms with Crippen LogP contribution in [0, 0.1) is 5.92 Å². The van der Waals surface area contributed by atoms with Gasteiger partial charge in [-0.25, -0.2) is 0 Å². The van der Waals surface area contributed by atoms with Gasteiger partial charge in [0, 0.05) is 31.4 Å². The van der Waals surface area contributed by atoms with Crippen molar-refractivity contribution >= 4 is 12.2 Å². The Morgan fingerprint density at radius 2 is 1.91 bits per heavy atom. The number of hydrogen-bond donors (Lipinski definition) is 0. The van der Waals surface area contributed by atoms with Crippen molar-refractivity contribution in [3.05, 3.63) is 24.6 Å². The predicted octanol–water partition coefficient (Wildman–Crippen LogP) is 3.74. The van der Waals surface area contributed by atoms with Crippen LogP contribution in [0.2, 0.25) is 0 Å². The van der Waals surface area contributed by atoms with Crippen molar-refractivity contribution in [2.75, 3.05) is 13.6 Å². The molecule has 1 heterocycles. The van der Waals surface area contributed by atoms with Crippen LogP contribution in [0.1, 0.15) is 58.8 Å². The van der Waals surface area contributed by atoms with Gasteiger partial charge < -0.3 is 14.6 Å². The lowest BCUT2D eigenvalue weighted by molar-refractivity contribution is -0.126. The zero-order valence-corrected chi connectivity index (χ0v) is 15.0. The van der Waals surface area contributed by atoms with Crippen LogP contribution in [0.25, 0.3) is 0 Å². The number of aldehydes is 1. The minimum absolute atomic E-state index is 0.0882. The second kappa shape index (κ2) is 9.53. The molecule has 1 amide bonds. The summed E-state index contributed by atoms with van der Waals surface area (Å²) in [6.07, 6.45) is 7.69. The van der Waals surface area contributed by atoms with Gasteiger partial charge >= 0.3 is 0 Å². The predicted molar refractivity (Wildman–Crippen MR) is 94.8 cm³/mol. The fourth-order valence-corrected chi connectivity index (χ4v) is 3.02. The van der Waals surface area contributed by atoms with Crippen LogP contribution in [0.4, 0.5) is 0 Å². The Morgan fingerprint density at radius 3 is 2.43 bits per heavy atom. The first kappa shape index (κ1) is 19.5.